The lowest BCUT2D eigenvalue weighted by Gasteiger charge is -2.27. The maximum atomic E-state index is 13.0. The zero-order valence-corrected chi connectivity index (χ0v) is 10.9. The van der Waals surface area contributed by atoms with Gasteiger partial charge in [0, 0.05) is 23.7 Å². The summed E-state index contributed by atoms with van der Waals surface area (Å²) in [4.78, 5) is 12.0. The summed E-state index contributed by atoms with van der Waals surface area (Å²) in [5, 5.41) is 5.85. The van der Waals surface area contributed by atoms with Crippen LogP contribution in [-0.2, 0) is 4.79 Å². The summed E-state index contributed by atoms with van der Waals surface area (Å²) in [6.45, 7) is 0. The average Bonchev–Trinajstić information content (AvgIpc) is 2.43. The lowest BCUT2D eigenvalue weighted by Crippen LogP contribution is -2.34. The Morgan fingerprint density at radius 3 is 2.42 bits per heavy atom. The third-order valence-corrected chi connectivity index (χ3v) is 3.69. The molecular weight excluding hydrogens is 250 g/mol. The first-order valence-electron chi connectivity index (χ1n) is 6.53. The second kappa shape index (κ2) is 6.10. The molecule has 0 atom stereocenters. The van der Waals surface area contributed by atoms with Crippen LogP contribution in [0.4, 0.5) is 14.5 Å². The van der Waals surface area contributed by atoms with Crippen molar-refractivity contribution in [1.82, 2.24) is 5.32 Å². The molecule has 104 valence electrons. The molecule has 1 aromatic rings. The van der Waals surface area contributed by atoms with Gasteiger partial charge in [-0.2, -0.15) is 0 Å². The third-order valence-electron chi connectivity index (χ3n) is 3.69. The van der Waals surface area contributed by atoms with Crippen LogP contribution in [-0.4, -0.2) is 19.0 Å². The highest BCUT2D eigenvalue weighted by molar-refractivity contribution is 5.92. The van der Waals surface area contributed by atoms with E-state index in [1.54, 1.807) is 0 Å². The number of benzene rings is 1. The predicted molar refractivity (Wildman–Crippen MR) is 69.8 cm³/mol. The fraction of sp³-hybridized carbons (Fsp3) is 0.500. The van der Waals surface area contributed by atoms with E-state index in [1.807, 2.05) is 7.05 Å². The quantitative estimate of drug-likeness (QED) is 0.885. The van der Waals surface area contributed by atoms with Gasteiger partial charge in [0.2, 0.25) is 5.91 Å². The van der Waals surface area contributed by atoms with Gasteiger partial charge >= 0.3 is 0 Å². The topological polar surface area (TPSA) is 41.1 Å². The van der Waals surface area contributed by atoms with Crippen molar-refractivity contribution in [3.63, 3.8) is 0 Å². The molecular formula is C14H18F2N2O. The van der Waals surface area contributed by atoms with E-state index in [2.05, 4.69) is 10.6 Å². The molecule has 2 rings (SSSR count). The van der Waals surface area contributed by atoms with Gasteiger partial charge in [0.05, 0.1) is 0 Å². The van der Waals surface area contributed by atoms with Gasteiger partial charge in [0.25, 0.3) is 0 Å². The largest absolute Gasteiger partial charge is 0.326 e. The minimum Gasteiger partial charge on any atom is -0.326 e. The van der Waals surface area contributed by atoms with E-state index >= 15 is 0 Å². The zero-order chi connectivity index (χ0) is 13.8. The van der Waals surface area contributed by atoms with E-state index in [4.69, 9.17) is 0 Å². The third kappa shape index (κ3) is 3.50. The number of nitrogens with one attached hydrogen (secondary N) is 2. The fourth-order valence-electron chi connectivity index (χ4n) is 2.46. The van der Waals surface area contributed by atoms with Crippen molar-refractivity contribution >= 4 is 11.6 Å². The normalized spacial score (nSPS) is 23.1. The van der Waals surface area contributed by atoms with Crippen molar-refractivity contribution in [2.24, 2.45) is 5.92 Å². The van der Waals surface area contributed by atoms with Crippen LogP contribution in [0.5, 0.6) is 0 Å². The molecule has 0 spiro atoms. The molecule has 2 N–H and O–H groups in total. The van der Waals surface area contributed by atoms with Gasteiger partial charge in [-0.15, -0.1) is 0 Å². The number of anilines is 1. The molecule has 1 amide bonds. The maximum absolute atomic E-state index is 13.0. The Morgan fingerprint density at radius 1 is 1.16 bits per heavy atom. The van der Waals surface area contributed by atoms with Crippen molar-refractivity contribution in [1.29, 1.82) is 0 Å². The molecule has 0 aromatic heterocycles. The number of hydrogen-bond acceptors (Lipinski definition) is 2. The van der Waals surface area contributed by atoms with Crippen molar-refractivity contribution in [2.75, 3.05) is 12.4 Å². The van der Waals surface area contributed by atoms with Gasteiger partial charge in [-0.1, -0.05) is 0 Å². The summed E-state index contributed by atoms with van der Waals surface area (Å²) in [7, 11) is 1.92. The molecule has 1 saturated carbocycles. The zero-order valence-electron chi connectivity index (χ0n) is 10.9. The fourth-order valence-corrected chi connectivity index (χ4v) is 2.46. The van der Waals surface area contributed by atoms with Gasteiger partial charge < -0.3 is 10.6 Å². The van der Waals surface area contributed by atoms with Gasteiger partial charge in [-0.25, -0.2) is 8.78 Å². The first-order chi connectivity index (χ1) is 9.10. The standard InChI is InChI=1S/C14H18F2N2O/c1-17-10-4-2-9(3-5-10)14(19)18-11-6-7-12(15)13(16)8-11/h6-10,17H,2-5H2,1H3,(H,18,19). The molecule has 0 bridgehead atoms. The number of hydrogen-bond donors (Lipinski definition) is 2. The van der Waals surface area contributed by atoms with E-state index in [0.717, 1.165) is 37.8 Å². The Balaban J connectivity index is 1.92. The van der Waals surface area contributed by atoms with E-state index in [1.165, 1.54) is 6.07 Å². The predicted octanol–water partition coefficient (Wildman–Crippen LogP) is 2.68. The smallest absolute Gasteiger partial charge is 0.227 e. The number of amides is 1. The number of rotatable bonds is 3. The van der Waals surface area contributed by atoms with Crippen LogP contribution in [0, 0.1) is 17.6 Å². The van der Waals surface area contributed by atoms with Crippen LogP contribution in [0.25, 0.3) is 0 Å². The van der Waals surface area contributed by atoms with Crippen molar-refractivity contribution in [3.8, 4) is 0 Å². The van der Waals surface area contributed by atoms with Gasteiger partial charge in [0.15, 0.2) is 11.6 Å². The Bertz CT molecular complexity index is 457. The molecule has 0 radical (unpaired) electrons. The average molecular weight is 268 g/mol. The molecule has 0 saturated heterocycles. The molecule has 1 aliphatic rings. The van der Waals surface area contributed by atoms with Crippen LogP contribution in [0.1, 0.15) is 25.7 Å². The second-order valence-corrected chi connectivity index (χ2v) is 4.96. The monoisotopic (exact) mass is 268 g/mol. The Kier molecular flexibility index (Phi) is 4.47. The molecule has 0 aliphatic heterocycles. The van der Waals surface area contributed by atoms with E-state index in [0.29, 0.717) is 11.7 Å². The summed E-state index contributed by atoms with van der Waals surface area (Å²) in [5.74, 6) is -2.01. The maximum Gasteiger partial charge on any atom is 0.227 e. The van der Waals surface area contributed by atoms with Gasteiger partial charge in [-0.3, -0.25) is 4.79 Å². The lowest BCUT2D eigenvalue weighted by atomic mass is 9.85. The van der Waals surface area contributed by atoms with Crippen LogP contribution >= 0.6 is 0 Å². The molecule has 19 heavy (non-hydrogen) atoms. The Labute approximate surface area is 111 Å². The molecule has 1 aliphatic carbocycles. The van der Waals surface area contributed by atoms with Crippen LogP contribution in [0.15, 0.2) is 18.2 Å². The molecule has 1 aromatic carbocycles. The summed E-state index contributed by atoms with van der Waals surface area (Å²) in [6, 6.07) is 3.87. The first kappa shape index (κ1) is 13.9. The SMILES string of the molecule is CNC1CCC(C(=O)Nc2ccc(F)c(F)c2)CC1. The van der Waals surface area contributed by atoms with E-state index in [-0.39, 0.29) is 11.8 Å². The van der Waals surface area contributed by atoms with Crippen molar-refractivity contribution in [2.45, 2.75) is 31.7 Å². The summed E-state index contributed by atoms with van der Waals surface area (Å²) < 4.78 is 25.8. The first-order valence-corrected chi connectivity index (χ1v) is 6.53. The molecule has 0 heterocycles. The summed E-state index contributed by atoms with van der Waals surface area (Å²) in [6.07, 6.45) is 3.57. The molecule has 3 nitrogen and oxygen atoms in total. The lowest BCUT2D eigenvalue weighted by molar-refractivity contribution is -0.120. The molecule has 0 unspecified atom stereocenters. The van der Waals surface area contributed by atoms with Crippen LogP contribution in [0.2, 0.25) is 0 Å². The molecule has 1 fully saturated rings. The number of carbonyl (C=O) groups is 1. The number of halogens is 2. The van der Waals surface area contributed by atoms with Gasteiger partial charge in [-0.05, 0) is 44.9 Å². The summed E-state index contributed by atoms with van der Waals surface area (Å²) >= 11 is 0. The van der Waals surface area contributed by atoms with E-state index < -0.39 is 11.6 Å². The van der Waals surface area contributed by atoms with Gasteiger partial charge in [0.1, 0.15) is 0 Å². The second-order valence-electron chi connectivity index (χ2n) is 4.96. The number of carbonyl (C=O) groups excluding carboxylic acids is 1. The van der Waals surface area contributed by atoms with Crippen LogP contribution in [0.3, 0.4) is 0 Å². The Morgan fingerprint density at radius 2 is 1.84 bits per heavy atom. The molecule has 5 heteroatoms. The minimum atomic E-state index is -0.948. The van der Waals surface area contributed by atoms with Crippen molar-refractivity contribution in [3.05, 3.63) is 29.8 Å². The van der Waals surface area contributed by atoms with Crippen molar-refractivity contribution < 1.29 is 13.6 Å². The Hall–Kier alpha value is -1.49. The minimum absolute atomic E-state index is 0.0438. The highest BCUT2D eigenvalue weighted by Crippen LogP contribution is 2.25. The summed E-state index contributed by atoms with van der Waals surface area (Å²) in [5.41, 5.74) is 0.305. The van der Waals surface area contributed by atoms with Crippen LogP contribution < -0.4 is 10.6 Å². The van der Waals surface area contributed by atoms with E-state index in [9.17, 15) is 13.6 Å². The highest BCUT2D eigenvalue weighted by atomic mass is 19.2. The highest BCUT2D eigenvalue weighted by Gasteiger charge is 2.25.